The Bertz CT molecular complexity index is 553. The van der Waals surface area contributed by atoms with E-state index < -0.39 is 0 Å². The highest BCUT2D eigenvalue weighted by molar-refractivity contribution is 5.14. The van der Waals surface area contributed by atoms with Crippen LogP contribution in [0.5, 0.6) is 0 Å². The van der Waals surface area contributed by atoms with Crippen molar-refractivity contribution in [2.75, 3.05) is 7.11 Å². The quantitative estimate of drug-likeness (QED) is 0.640. The van der Waals surface area contributed by atoms with Crippen LogP contribution in [-0.4, -0.2) is 19.3 Å². The molecule has 2 nitrogen and oxygen atoms in total. The van der Waals surface area contributed by atoms with Crippen molar-refractivity contribution in [3.05, 3.63) is 71.8 Å². The monoisotopic (exact) mass is 340 g/mol. The maximum Gasteiger partial charge on any atom is 0.0841 e. The van der Waals surface area contributed by atoms with Gasteiger partial charge in [0.25, 0.3) is 0 Å². The van der Waals surface area contributed by atoms with E-state index in [1.54, 1.807) is 7.11 Å². The van der Waals surface area contributed by atoms with Crippen LogP contribution < -0.4 is 0 Å². The Morgan fingerprint density at radius 2 is 1.32 bits per heavy atom. The Morgan fingerprint density at radius 3 is 1.84 bits per heavy atom. The average molecular weight is 341 g/mol. The van der Waals surface area contributed by atoms with Crippen molar-refractivity contribution in [2.24, 2.45) is 0 Å². The van der Waals surface area contributed by atoms with Gasteiger partial charge in [0.2, 0.25) is 0 Å². The van der Waals surface area contributed by atoms with Crippen molar-refractivity contribution in [2.45, 2.75) is 64.3 Å². The number of aryl methyl sites for hydroxylation is 1. The van der Waals surface area contributed by atoms with Crippen molar-refractivity contribution in [3.63, 3.8) is 0 Å². The maximum absolute atomic E-state index is 6.03. The lowest BCUT2D eigenvalue weighted by Gasteiger charge is -2.24. The lowest BCUT2D eigenvalue weighted by Crippen LogP contribution is -2.29. The van der Waals surface area contributed by atoms with Crippen LogP contribution in [0.15, 0.2) is 60.7 Å². The summed E-state index contributed by atoms with van der Waals surface area (Å²) in [6.07, 6.45) is 7.79. The highest BCUT2D eigenvalue weighted by Gasteiger charge is 2.23. The zero-order valence-corrected chi connectivity index (χ0v) is 15.7. The molecule has 136 valence electrons. The van der Waals surface area contributed by atoms with Crippen molar-refractivity contribution >= 4 is 0 Å². The molecule has 0 unspecified atom stereocenters. The number of rotatable bonds is 5. The average Bonchev–Trinajstić information content (AvgIpc) is 2.93. The Labute approximate surface area is 153 Å². The Kier molecular flexibility index (Phi) is 9.32. The normalized spacial score (nSPS) is 20.2. The lowest BCUT2D eigenvalue weighted by atomic mass is 10.1. The van der Waals surface area contributed by atoms with E-state index >= 15 is 0 Å². The smallest absolute Gasteiger partial charge is 0.0841 e. The van der Waals surface area contributed by atoms with E-state index in [2.05, 4.69) is 55.5 Å². The van der Waals surface area contributed by atoms with E-state index in [1.165, 1.54) is 30.4 Å². The topological polar surface area (TPSA) is 18.5 Å². The number of hydrogen-bond donors (Lipinski definition) is 0. The molecule has 1 saturated carbocycles. The van der Waals surface area contributed by atoms with E-state index in [1.807, 2.05) is 12.1 Å². The van der Waals surface area contributed by atoms with Crippen molar-refractivity contribution in [3.8, 4) is 0 Å². The van der Waals surface area contributed by atoms with Gasteiger partial charge in [-0.05, 0) is 30.4 Å². The molecule has 2 atom stereocenters. The molecule has 1 aliphatic carbocycles. The number of ether oxygens (including phenoxy) is 2. The summed E-state index contributed by atoms with van der Waals surface area (Å²) in [5, 5.41) is 0. The van der Waals surface area contributed by atoms with E-state index in [-0.39, 0.29) is 12.2 Å². The molecule has 2 aromatic rings. The molecule has 2 heteroatoms. The van der Waals surface area contributed by atoms with Gasteiger partial charge in [-0.3, -0.25) is 0 Å². The van der Waals surface area contributed by atoms with Crippen LogP contribution >= 0.6 is 0 Å². The first kappa shape index (κ1) is 19.7. The van der Waals surface area contributed by atoms with Crippen molar-refractivity contribution < 1.29 is 9.47 Å². The third kappa shape index (κ3) is 7.41. The van der Waals surface area contributed by atoms with E-state index in [4.69, 9.17) is 9.47 Å². The Hall–Kier alpha value is -1.64. The van der Waals surface area contributed by atoms with Gasteiger partial charge in [0.05, 0.1) is 18.8 Å². The molecule has 1 fully saturated rings. The van der Waals surface area contributed by atoms with Crippen LogP contribution in [-0.2, 0) is 22.5 Å². The van der Waals surface area contributed by atoms with Crippen LogP contribution in [0, 0.1) is 0 Å². The highest BCUT2D eigenvalue weighted by Crippen LogP contribution is 2.23. The van der Waals surface area contributed by atoms with Crippen LogP contribution in [0.25, 0.3) is 0 Å². The number of methoxy groups -OCH3 is 1. The summed E-state index contributed by atoms with van der Waals surface area (Å²) in [5.74, 6) is 0. The van der Waals surface area contributed by atoms with Crippen LogP contribution in [0.4, 0.5) is 0 Å². The minimum atomic E-state index is 0.266. The molecule has 0 bridgehead atoms. The SMILES string of the molecule is CCc1ccccc1.CO[C@@H]1CCCCC[C@@H]1OCc1ccccc1. The highest BCUT2D eigenvalue weighted by atomic mass is 16.5. The van der Waals surface area contributed by atoms with Gasteiger partial charge >= 0.3 is 0 Å². The second-order valence-electron chi connectivity index (χ2n) is 6.59. The molecule has 0 aromatic heterocycles. The van der Waals surface area contributed by atoms with E-state index in [9.17, 15) is 0 Å². The Balaban J connectivity index is 0.000000236. The maximum atomic E-state index is 6.03. The molecule has 0 spiro atoms. The molecular weight excluding hydrogens is 308 g/mol. The first-order valence-corrected chi connectivity index (χ1v) is 9.55. The summed E-state index contributed by atoms with van der Waals surface area (Å²) in [5.41, 5.74) is 2.65. The first-order valence-electron chi connectivity index (χ1n) is 9.55. The molecule has 0 N–H and O–H groups in total. The summed E-state index contributed by atoms with van der Waals surface area (Å²) >= 11 is 0. The fourth-order valence-electron chi connectivity index (χ4n) is 3.19. The first-order chi connectivity index (χ1) is 12.3. The number of hydrogen-bond acceptors (Lipinski definition) is 2. The summed E-state index contributed by atoms with van der Waals surface area (Å²) in [4.78, 5) is 0. The molecule has 0 radical (unpaired) electrons. The molecule has 0 aliphatic heterocycles. The molecular formula is C23H32O2. The van der Waals surface area contributed by atoms with Crippen LogP contribution in [0.3, 0.4) is 0 Å². The van der Waals surface area contributed by atoms with Crippen LogP contribution in [0.2, 0.25) is 0 Å². The zero-order valence-electron chi connectivity index (χ0n) is 15.7. The minimum absolute atomic E-state index is 0.266. The van der Waals surface area contributed by atoms with Gasteiger partial charge in [-0.1, -0.05) is 86.8 Å². The molecule has 0 heterocycles. The summed E-state index contributed by atoms with van der Waals surface area (Å²) in [6.45, 7) is 2.86. The van der Waals surface area contributed by atoms with Gasteiger partial charge in [-0.25, -0.2) is 0 Å². The van der Waals surface area contributed by atoms with Gasteiger partial charge in [0, 0.05) is 7.11 Å². The van der Waals surface area contributed by atoms with Gasteiger partial charge in [-0.2, -0.15) is 0 Å². The molecule has 25 heavy (non-hydrogen) atoms. The van der Waals surface area contributed by atoms with Gasteiger partial charge in [-0.15, -0.1) is 0 Å². The molecule has 3 rings (SSSR count). The molecule has 0 amide bonds. The third-order valence-corrected chi connectivity index (χ3v) is 4.75. The van der Waals surface area contributed by atoms with E-state index in [0.717, 1.165) is 19.3 Å². The molecule has 1 aliphatic rings. The van der Waals surface area contributed by atoms with E-state index in [0.29, 0.717) is 6.61 Å². The van der Waals surface area contributed by atoms with Gasteiger partial charge < -0.3 is 9.47 Å². The van der Waals surface area contributed by atoms with Crippen molar-refractivity contribution in [1.29, 1.82) is 0 Å². The molecule has 0 saturated heterocycles. The van der Waals surface area contributed by atoms with Crippen LogP contribution in [0.1, 0.15) is 50.2 Å². The van der Waals surface area contributed by atoms with Gasteiger partial charge in [0.1, 0.15) is 0 Å². The van der Waals surface area contributed by atoms with Gasteiger partial charge in [0.15, 0.2) is 0 Å². The second-order valence-corrected chi connectivity index (χ2v) is 6.59. The molecule has 2 aromatic carbocycles. The third-order valence-electron chi connectivity index (χ3n) is 4.75. The standard InChI is InChI=1S/C15H22O2.C8H10/c1-16-14-10-6-3-7-11-15(14)17-12-13-8-4-2-5-9-13;1-2-8-6-4-3-5-7-8/h2,4-5,8-9,14-15H,3,6-7,10-12H2,1H3;3-7H,2H2,1H3/t14-,15+;/m1./s1. The largest absolute Gasteiger partial charge is 0.379 e. The lowest BCUT2D eigenvalue weighted by molar-refractivity contribution is -0.0661. The summed E-state index contributed by atoms with van der Waals surface area (Å²) in [6, 6.07) is 20.8. The minimum Gasteiger partial charge on any atom is -0.379 e. The predicted molar refractivity (Wildman–Crippen MR) is 105 cm³/mol. The fourth-order valence-corrected chi connectivity index (χ4v) is 3.19. The summed E-state index contributed by atoms with van der Waals surface area (Å²) < 4.78 is 11.6. The van der Waals surface area contributed by atoms with Crippen molar-refractivity contribution in [1.82, 2.24) is 0 Å². The fraction of sp³-hybridized carbons (Fsp3) is 0.478. The number of benzene rings is 2. The Morgan fingerprint density at radius 1 is 0.760 bits per heavy atom. The predicted octanol–water partition coefficient (Wildman–Crippen LogP) is 5.80. The summed E-state index contributed by atoms with van der Waals surface area (Å²) in [7, 11) is 1.80. The zero-order chi connectivity index (χ0) is 17.7. The second kappa shape index (κ2) is 11.8.